The van der Waals surface area contributed by atoms with Crippen LogP contribution < -0.4 is 5.32 Å². The molecule has 0 bridgehead atoms. The molecule has 1 aromatic heterocycles. The fourth-order valence-electron chi connectivity index (χ4n) is 5.64. The monoisotopic (exact) mass is 570 g/mol. The fraction of sp³-hybridized carbons (Fsp3) is 0.267. The first-order valence-corrected chi connectivity index (χ1v) is 14.3. The Bertz CT molecular complexity index is 1580. The van der Waals surface area contributed by atoms with Crippen molar-refractivity contribution in [1.82, 2.24) is 30.1 Å². The molecular formula is C30H30N6O4S. The molecule has 0 radical (unpaired) electrons. The summed E-state index contributed by atoms with van der Waals surface area (Å²) in [6, 6.07) is 21.0. The van der Waals surface area contributed by atoms with Gasteiger partial charge in [-0.1, -0.05) is 54.6 Å². The van der Waals surface area contributed by atoms with E-state index in [2.05, 4.69) is 10.3 Å². The molecule has 11 heteroatoms. The van der Waals surface area contributed by atoms with E-state index in [4.69, 9.17) is 0 Å². The van der Waals surface area contributed by atoms with Crippen LogP contribution in [0.2, 0.25) is 0 Å². The Morgan fingerprint density at radius 1 is 1.02 bits per heavy atom. The minimum atomic E-state index is -0.821. The van der Waals surface area contributed by atoms with Gasteiger partial charge in [0.2, 0.25) is 11.8 Å². The highest BCUT2D eigenvalue weighted by Crippen LogP contribution is 2.30. The summed E-state index contributed by atoms with van der Waals surface area (Å²) in [7, 11) is 1.71. The minimum Gasteiger partial charge on any atom is -0.508 e. The molecule has 2 fully saturated rings. The molecule has 2 aliphatic rings. The average molecular weight is 571 g/mol. The number of hydrazine groups is 1. The summed E-state index contributed by atoms with van der Waals surface area (Å²) < 4.78 is 1.03. The van der Waals surface area contributed by atoms with Gasteiger partial charge in [0.15, 0.2) is 0 Å². The molecule has 2 aliphatic heterocycles. The van der Waals surface area contributed by atoms with E-state index in [1.54, 1.807) is 56.6 Å². The van der Waals surface area contributed by atoms with Crippen LogP contribution in [-0.2, 0) is 29.1 Å². The molecule has 4 aromatic rings. The smallest absolute Gasteiger partial charge is 0.334 e. The molecule has 6 rings (SSSR count). The van der Waals surface area contributed by atoms with Gasteiger partial charge in [-0.05, 0) is 34.9 Å². The van der Waals surface area contributed by atoms with Gasteiger partial charge in [0.25, 0.3) is 0 Å². The highest BCUT2D eigenvalue weighted by atomic mass is 32.1. The number of benzene rings is 3. The second-order valence-electron chi connectivity index (χ2n) is 10.3. The lowest BCUT2D eigenvalue weighted by atomic mass is 9.98. The third kappa shape index (κ3) is 5.33. The Kier molecular flexibility index (Phi) is 7.29. The number of piperazine rings is 1. The standard InChI is InChI=1S/C30H30N6O4S/c1-33-18-27(38)35-24(14-20-10-12-23(37)13-11-20)29(39)34(16-22-8-5-9-25-28(22)32-19-41-25)17-26(35)36(33)30(40)31-15-21-6-3-2-4-7-21/h2-13,19,24,26,37H,14-18H2,1H3,(H,31,40)/t24-,26-/m0/s1. The Morgan fingerprint density at radius 2 is 1.80 bits per heavy atom. The molecule has 3 heterocycles. The van der Waals surface area contributed by atoms with E-state index in [0.29, 0.717) is 13.1 Å². The maximum Gasteiger partial charge on any atom is 0.334 e. The number of amides is 4. The molecule has 0 saturated carbocycles. The lowest BCUT2D eigenvalue weighted by molar-refractivity contribution is -0.187. The predicted octanol–water partition coefficient (Wildman–Crippen LogP) is 3.18. The van der Waals surface area contributed by atoms with Crippen molar-refractivity contribution in [3.8, 4) is 5.75 Å². The van der Waals surface area contributed by atoms with Gasteiger partial charge in [-0.3, -0.25) is 9.59 Å². The minimum absolute atomic E-state index is 0.0350. The van der Waals surface area contributed by atoms with Crippen molar-refractivity contribution in [3.63, 3.8) is 0 Å². The second-order valence-corrected chi connectivity index (χ2v) is 11.2. The van der Waals surface area contributed by atoms with Crippen LogP contribution in [0.3, 0.4) is 0 Å². The highest BCUT2D eigenvalue weighted by molar-refractivity contribution is 7.16. The van der Waals surface area contributed by atoms with Gasteiger partial charge >= 0.3 is 6.03 Å². The van der Waals surface area contributed by atoms with E-state index in [1.807, 2.05) is 48.5 Å². The van der Waals surface area contributed by atoms with Crippen molar-refractivity contribution in [2.24, 2.45) is 0 Å². The number of carbonyl (C=O) groups is 3. The molecule has 4 amide bonds. The van der Waals surface area contributed by atoms with Gasteiger partial charge < -0.3 is 20.2 Å². The maximum atomic E-state index is 14.1. The molecule has 0 unspecified atom stereocenters. The van der Waals surface area contributed by atoms with Gasteiger partial charge in [0.05, 0.1) is 28.8 Å². The van der Waals surface area contributed by atoms with Crippen molar-refractivity contribution in [2.75, 3.05) is 20.1 Å². The largest absolute Gasteiger partial charge is 0.508 e. The summed E-state index contributed by atoms with van der Waals surface area (Å²) >= 11 is 1.54. The molecule has 0 spiro atoms. The summed E-state index contributed by atoms with van der Waals surface area (Å²) in [6.07, 6.45) is -0.450. The van der Waals surface area contributed by atoms with E-state index in [-0.39, 0.29) is 43.1 Å². The Labute approximate surface area is 241 Å². The number of urea groups is 1. The zero-order valence-electron chi connectivity index (χ0n) is 22.5. The number of thiazole rings is 1. The third-order valence-corrected chi connectivity index (χ3v) is 8.40. The van der Waals surface area contributed by atoms with Gasteiger partial charge in [-0.15, -0.1) is 11.3 Å². The van der Waals surface area contributed by atoms with E-state index < -0.39 is 12.2 Å². The second kappa shape index (κ2) is 11.2. The topological polar surface area (TPSA) is 109 Å². The number of rotatable bonds is 6. The number of nitrogens with zero attached hydrogens (tertiary/aromatic N) is 5. The van der Waals surface area contributed by atoms with Gasteiger partial charge in [0, 0.05) is 26.6 Å². The van der Waals surface area contributed by atoms with Crippen LogP contribution in [0.5, 0.6) is 5.75 Å². The van der Waals surface area contributed by atoms with Gasteiger partial charge in [-0.2, -0.15) is 0 Å². The quantitative estimate of drug-likeness (QED) is 0.369. The summed E-state index contributed by atoms with van der Waals surface area (Å²) in [4.78, 5) is 49.0. The Hall–Kier alpha value is -4.48. The maximum absolute atomic E-state index is 14.1. The van der Waals surface area contributed by atoms with Crippen molar-refractivity contribution in [1.29, 1.82) is 0 Å². The van der Waals surface area contributed by atoms with Crippen LogP contribution in [0, 0.1) is 0 Å². The SMILES string of the molecule is CN1CC(=O)N2[C@@H](Cc3ccc(O)cc3)C(=O)N(Cc3cccc4scnc34)C[C@@H]2N1C(=O)NCc1ccccc1. The molecule has 2 N–H and O–H groups in total. The number of carbonyl (C=O) groups excluding carboxylic acids is 3. The molecule has 10 nitrogen and oxygen atoms in total. The number of phenolic OH excluding ortho intramolecular Hbond substituents is 1. The van der Waals surface area contributed by atoms with E-state index in [9.17, 15) is 19.5 Å². The number of fused-ring (bicyclic) bond motifs is 2. The fourth-order valence-corrected chi connectivity index (χ4v) is 6.36. The van der Waals surface area contributed by atoms with Crippen molar-refractivity contribution in [2.45, 2.75) is 31.7 Å². The zero-order valence-corrected chi connectivity index (χ0v) is 23.3. The van der Waals surface area contributed by atoms with Crippen LogP contribution in [0.4, 0.5) is 4.79 Å². The number of aromatic nitrogens is 1. The van der Waals surface area contributed by atoms with Gasteiger partial charge in [0.1, 0.15) is 18.0 Å². The summed E-state index contributed by atoms with van der Waals surface area (Å²) in [5.41, 5.74) is 5.29. The molecule has 2 atom stereocenters. The van der Waals surface area contributed by atoms with E-state index in [0.717, 1.165) is 26.9 Å². The van der Waals surface area contributed by atoms with Crippen molar-refractivity contribution >= 4 is 39.4 Å². The van der Waals surface area contributed by atoms with Crippen molar-refractivity contribution in [3.05, 3.63) is 95.0 Å². The van der Waals surface area contributed by atoms with E-state index >= 15 is 0 Å². The number of hydrogen-bond acceptors (Lipinski definition) is 7. The number of likely N-dealkylation sites (N-methyl/N-ethyl adjacent to an activating group) is 1. The summed E-state index contributed by atoms with van der Waals surface area (Å²) in [5.74, 6) is -0.288. The Morgan fingerprint density at radius 3 is 2.59 bits per heavy atom. The lowest BCUT2D eigenvalue weighted by Gasteiger charge is -2.54. The van der Waals surface area contributed by atoms with Crippen LogP contribution >= 0.6 is 11.3 Å². The van der Waals surface area contributed by atoms with Crippen LogP contribution in [-0.4, -0.2) is 80.1 Å². The number of phenols is 1. The molecule has 3 aromatic carbocycles. The first-order valence-electron chi connectivity index (χ1n) is 13.4. The van der Waals surface area contributed by atoms with Gasteiger partial charge in [-0.25, -0.2) is 19.8 Å². The molecule has 41 heavy (non-hydrogen) atoms. The lowest BCUT2D eigenvalue weighted by Crippen LogP contribution is -2.76. The Balaban J connectivity index is 1.33. The van der Waals surface area contributed by atoms with Crippen LogP contribution in [0.1, 0.15) is 16.7 Å². The predicted molar refractivity (Wildman–Crippen MR) is 154 cm³/mol. The first kappa shape index (κ1) is 26.7. The number of nitrogens with one attached hydrogen (secondary N) is 1. The zero-order chi connectivity index (χ0) is 28.5. The summed E-state index contributed by atoms with van der Waals surface area (Å²) in [5, 5.41) is 15.9. The molecular weight excluding hydrogens is 540 g/mol. The van der Waals surface area contributed by atoms with Crippen molar-refractivity contribution < 1.29 is 19.5 Å². The average Bonchev–Trinajstić information content (AvgIpc) is 3.46. The first-order chi connectivity index (χ1) is 19.9. The molecule has 2 saturated heterocycles. The number of para-hydroxylation sites is 1. The molecule has 210 valence electrons. The highest BCUT2D eigenvalue weighted by Gasteiger charge is 2.50. The third-order valence-electron chi connectivity index (χ3n) is 7.60. The van der Waals surface area contributed by atoms with Crippen LogP contribution in [0.15, 0.2) is 78.3 Å². The molecule has 0 aliphatic carbocycles. The van der Waals surface area contributed by atoms with Crippen LogP contribution in [0.25, 0.3) is 10.2 Å². The normalized spacial score (nSPS) is 19.5. The number of hydrogen-bond donors (Lipinski definition) is 2. The van der Waals surface area contributed by atoms with E-state index in [1.165, 1.54) is 11.3 Å². The number of aromatic hydroxyl groups is 1. The summed E-state index contributed by atoms with van der Waals surface area (Å²) in [6.45, 7) is 0.747.